The van der Waals surface area contributed by atoms with Crippen LogP contribution >= 0.6 is 0 Å². The van der Waals surface area contributed by atoms with Crippen molar-refractivity contribution in [2.75, 3.05) is 26.2 Å². The van der Waals surface area contributed by atoms with Gasteiger partial charge in [0.1, 0.15) is 11.9 Å². The first-order valence-corrected chi connectivity index (χ1v) is 12.3. The molecule has 2 aromatic carbocycles. The normalized spacial score (nSPS) is 27.0. The lowest BCUT2D eigenvalue weighted by molar-refractivity contribution is -0.0361. The third-order valence-corrected chi connectivity index (χ3v) is 7.77. The van der Waals surface area contributed by atoms with Crippen molar-refractivity contribution >= 4 is 17.0 Å². The fourth-order valence-electron chi connectivity index (χ4n) is 5.78. The van der Waals surface area contributed by atoms with Crippen molar-refractivity contribution in [2.45, 2.75) is 38.8 Å². The zero-order chi connectivity index (χ0) is 23.3. The maximum atomic E-state index is 13.0. The molecule has 1 unspecified atom stereocenters. The van der Waals surface area contributed by atoms with Crippen molar-refractivity contribution in [1.29, 1.82) is 0 Å². The Morgan fingerprint density at radius 2 is 1.97 bits per heavy atom. The second-order valence-electron chi connectivity index (χ2n) is 10.6. The lowest BCUT2D eigenvalue weighted by Crippen LogP contribution is -2.53. The first-order chi connectivity index (χ1) is 16.5. The Morgan fingerprint density at radius 1 is 1.15 bits per heavy atom. The molecule has 0 saturated carbocycles. The first kappa shape index (κ1) is 21.4. The number of para-hydroxylation sites is 1. The minimum Gasteiger partial charge on any atom is -0.493 e. The number of ether oxygens (including phenoxy) is 2. The zero-order valence-electron chi connectivity index (χ0n) is 19.8. The van der Waals surface area contributed by atoms with Crippen LogP contribution in [0.25, 0.3) is 22.0 Å². The smallest absolute Gasteiger partial charge is 0.407 e. The van der Waals surface area contributed by atoms with Crippen molar-refractivity contribution < 1.29 is 14.3 Å². The monoisotopic (exact) mass is 457 g/mol. The van der Waals surface area contributed by atoms with E-state index in [4.69, 9.17) is 9.47 Å². The van der Waals surface area contributed by atoms with Gasteiger partial charge in [0.25, 0.3) is 0 Å². The molecule has 176 valence electrons. The van der Waals surface area contributed by atoms with Crippen molar-refractivity contribution in [1.82, 2.24) is 15.2 Å². The van der Waals surface area contributed by atoms with Crippen LogP contribution in [0, 0.1) is 11.3 Å². The lowest BCUT2D eigenvalue weighted by atomic mass is 9.78. The number of amides is 1. The summed E-state index contributed by atoms with van der Waals surface area (Å²) < 4.78 is 12.1. The van der Waals surface area contributed by atoms with E-state index in [-0.39, 0.29) is 23.7 Å². The number of piperidine rings is 3. The van der Waals surface area contributed by atoms with Crippen LogP contribution in [0.1, 0.15) is 38.3 Å². The predicted octanol–water partition coefficient (Wildman–Crippen LogP) is 5.18. The summed E-state index contributed by atoms with van der Waals surface area (Å²) in [6.45, 7) is 7.87. The summed E-state index contributed by atoms with van der Waals surface area (Å²) >= 11 is 0. The van der Waals surface area contributed by atoms with E-state index in [1.807, 2.05) is 12.3 Å². The van der Waals surface area contributed by atoms with Crippen LogP contribution in [0.15, 0.2) is 54.7 Å². The number of carbonyl (C=O) groups excluding carboxylic acids is 1. The summed E-state index contributed by atoms with van der Waals surface area (Å²) in [7, 11) is 0. The molecule has 0 spiro atoms. The van der Waals surface area contributed by atoms with Crippen LogP contribution in [0.2, 0.25) is 0 Å². The van der Waals surface area contributed by atoms with Crippen molar-refractivity contribution in [2.24, 2.45) is 11.3 Å². The average molecular weight is 458 g/mol. The van der Waals surface area contributed by atoms with Crippen molar-refractivity contribution in [3.63, 3.8) is 0 Å². The van der Waals surface area contributed by atoms with Gasteiger partial charge in [0, 0.05) is 34.7 Å². The predicted molar refractivity (Wildman–Crippen MR) is 132 cm³/mol. The molecule has 2 atom stereocenters. The third kappa shape index (κ3) is 3.80. The quantitative estimate of drug-likeness (QED) is 0.587. The molecule has 3 aromatic rings. The number of pyridine rings is 1. The fraction of sp³-hybridized carbons (Fsp3) is 0.429. The maximum absolute atomic E-state index is 13.0. The Labute approximate surface area is 200 Å². The topological polar surface area (TPSA) is 63.7 Å². The number of benzene rings is 2. The van der Waals surface area contributed by atoms with E-state index in [2.05, 4.69) is 71.5 Å². The van der Waals surface area contributed by atoms with Crippen molar-refractivity contribution in [3.8, 4) is 16.9 Å². The molecule has 34 heavy (non-hydrogen) atoms. The van der Waals surface area contributed by atoms with E-state index < -0.39 is 0 Å². The summed E-state index contributed by atoms with van der Waals surface area (Å²) in [6.07, 6.45) is 3.73. The highest BCUT2D eigenvalue weighted by atomic mass is 16.6. The molecule has 1 amide bonds. The van der Waals surface area contributed by atoms with Gasteiger partial charge in [-0.05, 0) is 49.5 Å². The molecule has 3 saturated heterocycles. The summed E-state index contributed by atoms with van der Waals surface area (Å²) in [6, 6.07) is 16.3. The molecule has 6 nitrogen and oxygen atoms in total. The Balaban J connectivity index is 1.26. The number of nitrogens with one attached hydrogen (secondary N) is 1. The van der Waals surface area contributed by atoms with E-state index in [0.717, 1.165) is 65.8 Å². The molecule has 0 aliphatic carbocycles. The molecule has 0 radical (unpaired) electrons. The molecule has 5 heterocycles. The molecule has 2 bridgehead atoms. The minimum absolute atomic E-state index is 0.00818. The van der Waals surface area contributed by atoms with Gasteiger partial charge in [0.2, 0.25) is 0 Å². The second kappa shape index (κ2) is 8.27. The summed E-state index contributed by atoms with van der Waals surface area (Å²) in [5.41, 5.74) is 3.82. The molecule has 3 fully saturated rings. The number of hydrogen-bond donors (Lipinski definition) is 1. The Bertz CT molecular complexity index is 1230. The second-order valence-corrected chi connectivity index (χ2v) is 10.6. The largest absolute Gasteiger partial charge is 0.493 e. The molecule has 4 aliphatic heterocycles. The number of nitrogens with zero attached hydrogens (tertiary/aromatic N) is 2. The van der Waals surface area contributed by atoms with Gasteiger partial charge in [0.15, 0.2) is 0 Å². The number of hydrogen-bond acceptors (Lipinski definition) is 5. The number of aromatic nitrogens is 1. The van der Waals surface area contributed by atoms with Crippen LogP contribution in [-0.2, 0) is 4.74 Å². The number of carbonyl (C=O) groups is 1. The van der Waals surface area contributed by atoms with Gasteiger partial charge in [-0.15, -0.1) is 0 Å². The zero-order valence-corrected chi connectivity index (χ0v) is 19.8. The van der Waals surface area contributed by atoms with Crippen LogP contribution in [-0.4, -0.2) is 48.3 Å². The number of alkyl carbamates (subject to hydrolysis) is 1. The van der Waals surface area contributed by atoms with E-state index >= 15 is 0 Å². The lowest BCUT2D eigenvalue weighted by Gasteiger charge is -2.44. The van der Waals surface area contributed by atoms with E-state index in [1.54, 1.807) is 0 Å². The molecule has 1 N–H and O–H groups in total. The number of fused-ring (bicyclic) bond motifs is 5. The fourth-order valence-corrected chi connectivity index (χ4v) is 5.78. The van der Waals surface area contributed by atoms with Gasteiger partial charge < -0.3 is 14.8 Å². The average Bonchev–Trinajstić information content (AvgIpc) is 2.86. The Morgan fingerprint density at radius 3 is 2.76 bits per heavy atom. The van der Waals surface area contributed by atoms with Crippen LogP contribution in [0.4, 0.5) is 4.79 Å². The molecule has 6 heteroatoms. The van der Waals surface area contributed by atoms with Gasteiger partial charge in [-0.25, -0.2) is 4.79 Å². The third-order valence-electron chi connectivity index (χ3n) is 7.77. The van der Waals surface area contributed by atoms with E-state index in [1.165, 1.54) is 0 Å². The van der Waals surface area contributed by atoms with Gasteiger partial charge in [0.05, 0.1) is 18.2 Å². The Hall–Kier alpha value is -3.12. The summed E-state index contributed by atoms with van der Waals surface area (Å²) in [4.78, 5) is 20.0. The minimum atomic E-state index is -0.327. The van der Waals surface area contributed by atoms with Gasteiger partial charge in [-0.3, -0.25) is 9.88 Å². The molecule has 4 aliphatic rings. The summed E-state index contributed by atoms with van der Waals surface area (Å²) in [5.74, 6) is 1.29. The van der Waals surface area contributed by atoms with Crippen LogP contribution in [0.3, 0.4) is 0 Å². The standard InChI is InChI=1S/C28H31N3O3/c1-28(2)17-33-23-15-20(21-7-3-5-19-6-4-12-29-25(19)21)8-9-22(23)26(28)30-27(32)34-24-16-31-13-10-18(24)11-14-31/h3-9,12,15,18,24,26H,10-11,13-14,16-17H2,1-2H3,(H,30,32)/t24-,26?/m1/s1. The molecule has 1 aromatic heterocycles. The van der Waals surface area contributed by atoms with Crippen molar-refractivity contribution in [3.05, 3.63) is 60.3 Å². The van der Waals surface area contributed by atoms with E-state index in [9.17, 15) is 4.79 Å². The highest BCUT2D eigenvalue weighted by Crippen LogP contribution is 2.44. The maximum Gasteiger partial charge on any atom is 0.407 e. The van der Waals surface area contributed by atoms with Gasteiger partial charge in [-0.2, -0.15) is 0 Å². The molecule has 7 rings (SSSR count). The SMILES string of the molecule is CC1(C)COc2cc(-c3cccc4cccnc34)ccc2C1NC(=O)O[C@@H]1CN2CCC1CC2. The first-order valence-electron chi connectivity index (χ1n) is 12.3. The molecular weight excluding hydrogens is 426 g/mol. The van der Waals surface area contributed by atoms with Gasteiger partial charge >= 0.3 is 6.09 Å². The highest BCUT2D eigenvalue weighted by molar-refractivity contribution is 5.93. The van der Waals surface area contributed by atoms with Crippen LogP contribution < -0.4 is 10.1 Å². The Kier molecular flexibility index (Phi) is 5.21. The van der Waals surface area contributed by atoms with Gasteiger partial charge in [-0.1, -0.05) is 50.2 Å². The van der Waals surface area contributed by atoms with E-state index in [0.29, 0.717) is 12.5 Å². The van der Waals surface area contributed by atoms with Crippen LogP contribution in [0.5, 0.6) is 5.75 Å². The molecular formula is C28H31N3O3. The summed E-state index contributed by atoms with van der Waals surface area (Å²) in [5, 5.41) is 4.30. The highest BCUT2D eigenvalue weighted by Gasteiger charge is 2.41. The number of rotatable bonds is 3.